The highest BCUT2D eigenvalue weighted by Gasteiger charge is 2.13. The molecule has 0 bridgehead atoms. The lowest BCUT2D eigenvalue weighted by Crippen LogP contribution is -2.15. The molecule has 0 amide bonds. The molecule has 1 aromatic heterocycles. The zero-order chi connectivity index (χ0) is 8.48. The molecular weight excluding hydrogens is 133 g/mol. The summed E-state index contributed by atoms with van der Waals surface area (Å²) in [5.41, 5.74) is 2.55. The van der Waals surface area contributed by atoms with Crippen LogP contribution < -0.4 is 5.46 Å². The van der Waals surface area contributed by atoms with E-state index in [-0.39, 0.29) is 5.41 Å². The highest BCUT2D eigenvalue weighted by molar-refractivity contribution is 6.32. The average Bonchev–Trinajstić information content (AvgIpc) is 1.86. The smallest absolute Gasteiger partial charge is 0.141 e. The maximum absolute atomic E-state index is 4.35. The van der Waals surface area contributed by atoms with E-state index < -0.39 is 0 Å². The molecule has 0 atom stereocenters. The Kier molecular flexibility index (Phi) is 2.03. The first-order valence-electron chi connectivity index (χ1n) is 3.93. The average molecular weight is 147 g/mol. The molecule has 1 heterocycles. The second kappa shape index (κ2) is 2.69. The molecule has 58 valence electrons. The van der Waals surface area contributed by atoms with E-state index in [2.05, 4.69) is 45.7 Å². The van der Waals surface area contributed by atoms with Gasteiger partial charge in [-0.1, -0.05) is 32.3 Å². The third-order valence-corrected chi connectivity index (χ3v) is 1.68. The molecule has 0 N–H and O–H groups in total. The summed E-state index contributed by atoms with van der Waals surface area (Å²) in [5.74, 6) is 0. The van der Waals surface area contributed by atoms with E-state index in [9.17, 15) is 0 Å². The zero-order valence-corrected chi connectivity index (χ0v) is 7.68. The molecule has 1 nitrogen and oxygen atoms in total. The van der Waals surface area contributed by atoms with Gasteiger partial charge in [0.1, 0.15) is 7.85 Å². The topological polar surface area (TPSA) is 12.9 Å². The normalized spacial score (nSPS) is 11.5. The molecule has 1 aromatic rings. The quantitative estimate of drug-likeness (QED) is 0.490. The van der Waals surface area contributed by atoms with Crippen LogP contribution in [0, 0.1) is 0 Å². The molecule has 0 unspecified atom stereocenters. The molecule has 0 saturated heterocycles. The van der Waals surface area contributed by atoms with Crippen LogP contribution in [0.5, 0.6) is 0 Å². The lowest BCUT2D eigenvalue weighted by Gasteiger charge is -2.17. The monoisotopic (exact) mass is 147 g/mol. The van der Waals surface area contributed by atoms with E-state index in [4.69, 9.17) is 0 Å². The molecule has 0 spiro atoms. The van der Waals surface area contributed by atoms with Crippen LogP contribution in [0.15, 0.2) is 18.3 Å². The molecule has 0 fully saturated rings. The van der Waals surface area contributed by atoms with Gasteiger partial charge in [0.25, 0.3) is 0 Å². The second-order valence-corrected chi connectivity index (χ2v) is 3.97. The predicted octanol–water partition coefficient (Wildman–Crippen LogP) is 0.637. The third-order valence-electron chi connectivity index (χ3n) is 1.68. The van der Waals surface area contributed by atoms with Crippen molar-refractivity contribution >= 4 is 13.3 Å². The summed E-state index contributed by atoms with van der Waals surface area (Å²) in [5, 5.41) is 0. The van der Waals surface area contributed by atoms with Crippen LogP contribution in [0.4, 0.5) is 0 Å². The number of aromatic nitrogens is 1. The van der Waals surface area contributed by atoms with E-state index in [1.54, 1.807) is 0 Å². The maximum Gasteiger partial charge on any atom is 0.141 e. The molecule has 0 aliphatic heterocycles. The van der Waals surface area contributed by atoms with Gasteiger partial charge in [0.05, 0.1) is 0 Å². The Morgan fingerprint density at radius 3 is 2.27 bits per heavy atom. The second-order valence-electron chi connectivity index (χ2n) is 3.97. The van der Waals surface area contributed by atoms with Crippen molar-refractivity contribution in [2.45, 2.75) is 26.2 Å². The van der Waals surface area contributed by atoms with Gasteiger partial charge in [-0.05, 0) is 6.07 Å². The minimum atomic E-state index is 0.174. The van der Waals surface area contributed by atoms with Crippen molar-refractivity contribution < 1.29 is 0 Å². The molecule has 0 aliphatic carbocycles. The van der Waals surface area contributed by atoms with Gasteiger partial charge in [0, 0.05) is 17.3 Å². The zero-order valence-electron chi connectivity index (χ0n) is 7.68. The molecule has 0 aliphatic rings. The SMILES string of the molecule is Bc1ccc(C(C)(C)C)nc1. The van der Waals surface area contributed by atoms with E-state index in [1.165, 1.54) is 5.46 Å². The Morgan fingerprint density at radius 1 is 1.27 bits per heavy atom. The van der Waals surface area contributed by atoms with Gasteiger partial charge in [-0.3, -0.25) is 4.98 Å². The Labute approximate surface area is 69.3 Å². The lowest BCUT2D eigenvalue weighted by molar-refractivity contribution is 0.569. The molecule has 0 radical (unpaired) electrons. The Hall–Kier alpha value is -0.785. The summed E-state index contributed by atoms with van der Waals surface area (Å²) < 4.78 is 0. The van der Waals surface area contributed by atoms with Gasteiger partial charge in [-0.15, -0.1) is 0 Å². The van der Waals surface area contributed by atoms with E-state index in [0.717, 1.165) is 5.69 Å². The van der Waals surface area contributed by atoms with E-state index in [1.807, 2.05) is 6.20 Å². The van der Waals surface area contributed by atoms with Gasteiger partial charge >= 0.3 is 0 Å². The van der Waals surface area contributed by atoms with Crippen LogP contribution in [-0.4, -0.2) is 12.8 Å². The van der Waals surface area contributed by atoms with Gasteiger partial charge in [-0.2, -0.15) is 0 Å². The van der Waals surface area contributed by atoms with Crippen LogP contribution in [0.3, 0.4) is 0 Å². The van der Waals surface area contributed by atoms with Crippen molar-refractivity contribution in [2.24, 2.45) is 0 Å². The first-order valence-corrected chi connectivity index (χ1v) is 3.93. The minimum absolute atomic E-state index is 0.174. The van der Waals surface area contributed by atoms with Crippen LogP contribution in [0.2, 0.25) is 0 Å². The van der Waals surface area contributed by atoms with Crippen LogP contribution in [0.1, 0.15) is 26.5 Å². The number of hydrogen-bond acceptors (Lipinski definition) is 1. The molecule has 0 aromatic carbocycles. The summed E-state index contributed by atoms with van der Waals surface area (Å²) in [7, 11) is 2.06. The summed E-state index contributed by atoms with van der Waals surface area (Å²) in [4.78, 5) is 4.35. The lowest BCUT2D eigenvalue weighted by atomic mass is 9.90. The minimum Gasteiger partial charge on any atom is -0.261 e. The Balaban J connectivity index is 2.99. The number of pyridine rings is 1. The molecule has 11 heavy (non-hydrogen) atoms. The largest absolute Gasteiger partial charge is 0.261 e. The fourth-order valence-electron chi connectivity index (χ4n) is 0.911. The maximum atomic E-state index is 4.35. The van der Waals surface area contributed by atoms with Gasteiger partial charge in [-0.25, -0.2) is 0 Å². The highest BCUT2D eigenvalue weighted by atomic mass is 14.7. The fraction of sp³-hybridized carbons (Fsp3) is 0.444. The van der Waals surface area contributed by atoms with E-state index in [0.29, 0.717) is 0 Å². The Bertz CT molecular complexity index is 233. The van der Waals surface area contributed by atoms with Gasteiger partial charge < -0.3 is 0 Å². The van der Waals surface area contributed by atoms with Crippen LogP contribution in [0.25, 0.3) is 0 Å². The Morgan fingerprint density at radius 2 is 1.91 bits per heavy atom. The van der Waals surface area contributed by atoms with Crippen molar-refractivity contribution in [3.63, 3.8) is 0 Å². The van der Waals surface area contributed by atoms with Crippen molar-refractivity contribution in [2.75, 3.05) is 0 Å². The number of rotatable bonds is 0. The van der Waals surface area contributed by atoms with E-state index >= 15 is 0 Å². The van der Waals surface area contributed by atoms with Gasteiger partial charge in [0.2, 0.25) is 0 Å². The van der Waals surface area contributed by atoms with Crippen molar-refractivity contribution in [1.29, 1.82) is 0 Å². The highest BCUT2D eigenvalue weighted by Crippen LogP contribution is 2.17. The van der Waals surface area contributed by atoms with Gasteiger partial charge in [0.15, 0.2) is 0 Å². The standard InChI is InChI=1S/C9H14BN/c1-9(2,3)8-5-4-7(10)6-11-8/h4-6H,10H2,1-3H3. The molecule has 0 saturated carbocycles. The summed E-state index contributed by atoms with van der Waals surface area (Å²) >= 11 is 0. The summed E-state index contributed by atoms with van der Waals surface area (Å²) in [6.45, 7) is 6.51. The van der Waals surface area contributed by atoms with Crippen molar-refractivity contribution in [1.82, 2.24) is 4.98 Å². The molecule has 2 heteroatoms. The fourth-order valence-corrected chi connectivity index (χ4v) is 0.911. The van der Waals surface area contributed by atoms with Crippen LogP contribution in [-0.2, 0) is 5.41 Å². The predicted molar refractivity (Wildman–Crippen MR) is 51.1 cm³/mol. The molecule has 1 rings (SSSR count). The summed E-state index contributed by atoms with van der Waals surface area (Å²) in [6.07, 6.45) is 1.92. The third kappa shape index (κ3) is 2.07. The number of hydrogen-bond donors (Lipinski definition) is 0. The number of nitrogens with zero attached hydrogens (tertiary/aromatic N) is 1. The van der Waals surface area contributed by atoms with Crippen LogP contribution >= 0.6 is 0 Å². The van der Waals surface area contributed by atoms with Crippen molar-refractivity contribution in [3.05, 3.63) is 24.0 Å². The van der Waals surface area contributed by atoms with Crippen molar-refractivity contribution in [3.8, 4) is 0 Å². The first-order chi connectivity index (χ1) is 5.00. The summed E-state index contributed by atoms with van der Waals surface area (Å²) in [6, 6.07) is 4.20. The first kappa shape index (κ1) is 8.31. The molecular formula is C9H14BN.